The summed E-state index contributed by atoms with van der Waals surface area (Å²) in [7, 11) is 0. The molecule has 0 bridgehead atoms. The average molecular weight is 311 g/mol. The third kappa shape index (κ3) is 3.08. The van der Waals surface area contributed by atoms with Gasteiger partial charge < -0.3 is 15.0 Å². The van der Waals surface area contributed by atoms with E-state index in [9.17, 15) is 10.4 Å². The molecule has 0 amide bonds. The van der Waals surface area contributed by atoms with Crippen LogP contribution in [-0.2, 0) is 0 Å². The number of nitrogens with one attached hydrogen (secondary N) is 2. The molecule has 2 aromatic rings. The van der Waals surface area contributed by atoms with E-state index in [4.69, 9.17) is 0 Å². The lowest BCUT2D eigenvalue weighted by Crippen LogP contribution is -3.17. The second kappa shape index (κ2) is 6.43. The lowest BCUT2D eigenvalue weighted by atomic mass is 9.98. The first-order chi connectivity index (χ1) is 11.1. The van der Waals surface area contributed by atoms with Crippen LogP contribution in [0.5, 0.6) is 0 Å². The Kier molecular flexibility index (Phi) is 4.35. The quantitative estimate of drug-likeness (QED) is 0.600. The van der Waals surface area contributed by atoms with Crippen LogP contribution in [0.3, 0.4) is 0 Å². The molecule has 0 aliphatic carbocycles. The Bertz CT molecular complexity index is 738. The number of aliphatic hydroxyl groups excluding tert-OH is 1. The standard InChI is InChI=1S/C18H22N4O/c1-12-6-5-9-22(11-12)13(2)17(23)14(10-19)18-20-15-7-3-4-8-16(15)21-18/h3-4,7-8,12-13,23H,5-6,9,11H2,1-2H3,(H,20,21)/p+1/b17-14-/t12-,13+/m1/s1. The first kappa shape index (κ1) is 15.6. The molecule has 1 aliphatic rings. The highest BCUT2D eigenvalue weighted by Gasteiger charge is 2.29. The summed E-state index contributed by atoms with van der Waals surface area (Å²) in [4.78, 5) is 8.91. The summed E-state index contributed by atoms with van der Waals surface area (Å²) in [5.41, 5.74) is 1.92. The van der Waals surface area contributed by atoms with Gasteiger partial charge in [-0.1, -0.05) is 19.1 Å². The van der Waals surface area contributed by atoms with Gasteiger partial charge in [0.15, 0.2) is 11.6 Å². The summed E-state index contributed by atoms with van der Waals surface area (Å²) >= 11 is 0. The molecule has 1 aliphatic heterocycles. The number of benzene rings is 1. The molecule has 2 heterocycles. The second-order valence-corrected chi connectivity index (χ2v) is 6.56. The zero-order valence-electron chi connectivity index (χ0n) is 13.6. The van der Waals surface area contributed by atoms with E-state index in [-0.39, 0.29) is 17.4 Å². The van der Waals surface area contributed by atoms with Crippen LogP contribution in [0.25, 0.3) is 16.6 Å². The molecular weight excluding hydrogens is 288 g/mol. The maximum absolute atomic E-state index is 10.7. The highest BCUT2D eigenvalue weighted by Crippen LogP contribution is 2.20. The van der Waals surface area contributed by atoms with E-state index in [0.717, 1.165) is 24.1 Å². The van der Waals surface area contributed by atoms with Crippen molar-refractivity contribution in [1.29, 1.82) is 5.26 Å². The number of rotatable bonds is 3. The lowest BCUT2D eigenvalue weighted by Gasteiger charge is -2.32. The lowest BCUT2D eigenvalue weighted by molar-refractivity contribution is -0.927. The van der Waals surface area contributed by atoms with Gasteiger partial charge in [0.2, 0.25) is 0 Å². The van der Waals surface area contributed by atoms with Crippen molar-refractivity contribution in [2.45, 2.75) is 32.7 Å². The third-order valence-electron chi connectivity index (χ3n) is 4.82. The largest absolute Gasteiger partial charge is 0.505 e. The van der Waals surface area contributed by atoms with Crippen molar-refractivity contribution in [3.8, 4) is 6.07 Å². The highest BCUT2D eigenvalue weighted by atomic mass is 16.3. The predicted octanol–water partition coefficient (Wildman–Crippen LogP) is 2.06. The molecule has 3 N–H and O–H groups in total. The smallest absolute Gasteiger partial charge is 0.172 e. The topological polar surface area (TPSA) is 77.1 Å². The number of hydrogen-bond donors (Lipinski definition) is 3. The molecule has 3 atom stereocenters. The summed E-state index contributed by atoms with van der Waals surface area (Å²) in [6, 6.07) is 9.67. The number of para-hydroxylation sites is 2. The second-order valence-electron chi connectivity index (χ2n) is 6.56. The predicted molar refractivity (Wildman–Crippen MR) is 89.8 cm³/mol. The van der Waals surface area contributed by atoms with Crippen LogP contribution in [0.4, 0.5) is 0 Å². The minimum absolute atomic E-state index is 0.0967. The number of nitrogens with zero attached hydrogens (tertiary/aromatic N) is 2. The number of quaternary nitrogens is 1. The van der Waals surface area contributed by atoms with Gasteiger partial charge in [-0.3, -0.25) is 0 Å². The van der Waals surface area contributed by atoms with Gasteiger partial charge in [0.1, 0.15) is 17.7 Å². The molecule has 0 radical (unpaired) electrons. The Balaban J connectivity index is 1.93. The number of fused-ring (bicyclic) bond motifs is 1. The zero-order valence-corrected chi connectivity index (χ0v) is 13.6. The molecular formula is C18H23N4O+. The van der Waals surface area contributed by atoms with Gasteiger partial charge in [-0.2, -0.15) is 5.26 Å². The van der Waals surface area contributed by atoms with Gasteiger partial charge in [-0.05, 0) is 31.9 Å². The molecule has 1 fully saturated rings. The number of aromatic amines is 1. The van der Waals surface area contributed by atoms with E-state index in [1.165, 1.54) is 17.7 Å². The van der Waals surface area contributed by atoms with Gasteiger partial charge in [0.05, 0.1) is 24.1 Å². The number of aromatic nitrogens is 2. The van der Waals surface area contributed by atoms with Crippen LogP contribution in [0.2, 0.25) is 0 Å². The van der Waals surface area contributed by atoms with Crippen molar-refractivity contribution >= 4 is 16.6 Å². The number of hydrogen-bond acceptors (Lipinski definition) is 3. The Morgan fingerprint density at radius 2 is 2.26 bits per heavy atom. The van der Waals surface area contributed by atoms with Crippen molar-refractivity contribution in [3.63, 3.8) is 0 Å². The molecule has 0 saturated carbocycles. The minimum atomic E-state index is -0.0967. The van der Waals surface area contributed by atoms with E-state index in [1.807, 2.05) is 31.2 Å². The average Bonchev–Trinajstić information content (AvgIpc) is 2.98. The number of imidazole rings is 1. The van der Waals surface area contributed by atoms with Crippen LogP contribution in [0.1, 0.15) is 32.5 Å². The Morgan fingerprint density at radius 3 is 2.96 bits per heavy atom. The van der Waals surface area contributed by atoms with E-state index >= 15 is 0 Å². The molecule has 1 aromatic heterocycles. The van der Waals surface area contributed by atoms with Crippen LogP contribution in [-0.4, -0.2) is 34.2 Å². The van der Waals surface area contributed by atoms with Gasteiger partial charge in [0.25, 0.3) is 0 Å². The molecule has 1 aromatic carbocycles. The first-order valence-corrected chi connectivity index (χ1v) is 8.23. The molecule has 1 saturated heterocycles. The number of likely N-dealkylation sites (tertiary alicyclic amines) is 1. The molecule has 120 valence electrons. The van der Waals surface area contributed by atoms with Crippen molar-refractivity contribution in [1.82, 2.24) is 9.97 Å². The summed E-state index contributed by atoms with van der Waals surface area (Å²) < 4.78 is 0. The van der Waals surface area contributed by atoms with Crippen LogP contribution >= 0.6 is 0 Å². The minimum Gasteiger partial charge on any atom is -0.505 e. The fraction of sp³-hybridized carbons (Fsp3) is 0.444. The SMILES string of the molecule is C[C@@H]1CCC[NH+]([C@@H](C)/C(O)=C(\C#N)c2nc3ccccc3[nH]2)C1. The number of aliphatic hydroxyl groups is 1. The molecule has 5 nitrogen and oxygen atoms in total. The number of piperidine rings is 1. The van der Waals surface area contributed by atoms with E-state index in [0.29, 0.717) is 11.7 Å². The molecule has 1 unspecified atom stereocenters. The molecule has 3 rings (SSSR count). The van der Waals surface area contributed by atoms with Gasteiger partial charge >= 0.3 is 0 Å². The Labute approximate surface area is 136 Å². The van der Waals surface area contributed by atoms with E-state index in [1.54, 1.807) is 0 Å². The van der Waals surface area contributed by atoms with Crippen LogP contribution in [0.15, 0.2) is 30.0 Å². The van der Waals surface area contributed by atoms with Gasteiger partial charge in [-0.25, -0.2) is 4.98 Å². The van der Waals surface area contributed by atoms with Crippen molar-refractivity contribution in [2.75, 3.05) is 13.1 Å². The fourth-order valence-corrected chi connectivity index (χ4v) is 3.44. The Morgan fingerprint density at radius 1 is 1.48 bits per heavy atom. The van der Waals surface area contributed by atoms with Crippen molar-refractivity contribution in [2.24, 2.45) is 5.92 Å². The van der Waals surface area contributed by atoms with Gasteiger partial charge in [-0.15, -0.1) is 0 Å². The van der Waals surface area contributed by atoms with E-state index < -0.39 is 0 Å². The van der Waals surface area contributed by atoms with Crippen LogP contribution in [0, 0.1) is 17.2 Å². The summed E-state index contributed by atoms with van der Waals surface area (Å²) in [6.07, 6.45) is 2.41. The normalized spacial score (nSPS) is 24.0. The molecule has 0 spiro atoms. The maximum Gasteiger partial charge on any atom is 0.172 e. The molecule has 23 heavy (non-hydrogen) atoms. The first-order valence-electron chi connectivity index (χ1n) is 8.23. The number of nitriles is 1. The maximum atomic E-state index is 10.7. The van der Waals surface area contributed by atoms with Gasteiger partial charge in [0, 0.05) is 5.92 Å². The number of allylic oxidation sites excluding steroid dienone is 1. The van der Waals surface area contributed by atoms with Crippen molar-refractivity contribution < 1.29 is 10.0 Å². The summed E-state index contributed by atoms with van der Waals surface area (Å²) in [5.74, 6) is 1.24. The highest BCUT2D eigenvalue weighted by molar-refractivity contribution is 5.82. The summed E-state index contributed by atoms with van der Waals surface area (Å²) in [6.45, 7) is 6.30. The summed E-state index contributed by atoms with van der Waals surface area (Å²) in [5, 5.41) is 20.2. The van der Waals surface area contributed by atoms with E-state index in [2.05, 4.69) is 23.0 Å². The third-order valence-corrected chi connectivity index (χ3v) is 4.82. The Hall–Kier alpha value is -2.32. The fourth-order valence-electron chi connectivity index (χ4n) is 3.44. The number of H-pyrrole nitrogens is 1. The monoisotopic (exact) mass is 311 g/mol. The molecule has 5 heteroatoms. The zero-order chi connectivity index (χ0) is 16.4. The van der Waals surface area contributed by atoms with Crippen LogP contribution < -0.4 is 4.90 Å². The van der Waals surface area contributed by atoms with Crippen molar-refractivity contribution in [3.05, 3.63) is 35.8 Å².